The average molecular weight is 259 g/mol. The third-order valence-corrected chi connectivity index (χ3v) is 2.71. The number of hydrogen-bond acceptors (Lipinski definition) is 5. The molecular formula is C14H17N3O2. The van der Waals surface area contributed by atoms with E-state index >= 15 is 0 Å². The fraction of sp³-hybridized carbons (Fsp3) is 0.286. The molecule has 1 aromatic heterocycles. The minimum atomic E-state index is 0.182. The van der Waals surface area contributed by atoms with Gasteiger partial charge in [-0.3, -0.25) is 0 Å². The second-order valence-corrected chi connectivity index (χ2v) is 4.41. The van der Waals surface area contributed by atoms with Gasteiger partial charge in [0.2, 0.25) is 5.88 Å². The Balaban J connectivity index is 2.35. The molecule has 1 heterocycles. The Bertz CT molecular complexity index is 570. The standard InChI is InChI=1S/C14H17N3O2/c1-9(2)12-13(15)16-8-17-14(12)19-11-6-4-5-10(7-11)18-3/h4-9H,1-3H3,(H2,15,16,17). The Kier molecular flexibility index (Phi) is 3.85. The van der Waals surface area contributed by atoms with Crippen LogP contribution in [0, 0.1) is 0 Å². The monoisotopic (exact) mass is 259 g/mol. The van der Waals surface area contributed by atoms with Crippen LogP contribution >= 0.6 is 0 Å². The lowest BCUT2D eigenvalue weighted by molar-refractivity contribution is 0.406. The third kappa shape index (κ3) is 2.93. The summed E-state index contributed by atoms with van der Waals surface area (Å²) < 4.78 is 10.9. The van der Waals surface area contributed by atoms with Crippen LogP contribution in [0.5, 0.6) is 17.4 Å². The molecule has 2 rings (SSSR count). The van der Waals surface area contributed by atoms with Gasteiger partial charge in [0, 0.05) is 6.07 Å². The van der Waals surface area contributed by atoms with E-state index in [1.54, 1.807) is 13.2 Å². The van der Waals surface area contributed by atoms with E-state index in [1.807, 2.05) is 32.0 Å². The lowest BCUT2D eigenvalue weighted by atomic mass is 10.1. The maximum absolute atomic E-state index is 5.88. The van der Waals surface area contributed by atoms with Crippen LogP contribution in [0.25, 0.3) is 0 Å². The molecule has 0 unspecified atom stereocenters. The molecule has 2 aromatic rings. The molecule has 100 valence electrons. The SMILES string of the molecule is COc1cccc(Oc2ncnc(N)c2C(C)C)c1. The van der Waals surface area contributed by atoms with E-state index in [-0.39, 0.29) is 5.92 Å². The molecule has 0 aliphatic rings. The minimum Gasteiger partial charge on any atom is -0.497 e. The number of rotatable bonds is 4. The highest BCUT2D eigenvalue weighted by atomic mass is 16.5. The number of nitrogens with two attached hydrogens (primary N) is 1. The van der Waals surface area contributed by atoms with E-state index in [0.29, 0.717) is 17.4 Å². The second-order valence-electron chi connectivity index (χ2n) is 4.41. The first kappa shape index (κ1) is 13.1. The van der Waals surface area contributed by atoms with Gasteiger partial charge in [-0.2, -0.15) is 0 Å². The first-order chi connectivity index (χ1) is 9.11. The van der Waals surface area contributed by atoms with E-state index in [0.717, 1.165) is 11.3 Å². The van der Waals surface area contributed by atoms with Gasteiger partial charge in [-0.25, -0.2) is 9.97 Å². The molecule has 0 radical (unpaired) electrons. The molecular weight excluding hydrogens is 242 g/mol. The summed E-state index contributed by atoms with van der Waals surface area (Å²) in [5.41, 5.74) is 6.69. The molecule has 0 spiro atoms. The summed E-state index contributed by atoms with van der Waals surface area (Å²) in [5.74, 6) is 2.49. The van der Waals surface area contributed by atoms with E-state index in [2.05, 4.69) is 9.97 Å². The number of nitrogens with zero attached hydrogens (tertiary/aromatic N) is 2. The largest absolute Gasteiger partial charge is 0.497 e. The normalized spacial score (nSPS) is 10.5. The summed E-state index contributed by atoms with van der Waals surface area (Å²) >= 11 is 0. The average Bonchev–Trinajstić information content (AvgIpc) is 2.38. The number of nitrogen functional groups attached to an aromatic ring is 1. The van der Waals surface area contributed by atoms with Gasteiger partial charge in [-0.05, 0) is 18.1 Å². The molecule has 0 aliphatic heterocycles. The van der Waals surface area contributed by atoms with E-state index < -0.39 is 0 Å². The highest BCUT2D eigenvalue weighted by Crippen LogP contribution is 2.32. The lowest BCUT2D eigenvalue weighted by Crippen LogP contribution is -2.04. The van der Waals surface area contributed by atoms with Crippen molar-refractivity contribution >= 4 is 5.82 Å². The number of aromatic nitrogens is 2. The van der Waals surface area contributed by atoms with E-state index in [9.17, 15) is 0 Å². The van der Waals surface area contributed by atoms with Crippen molar-refractivity contribution in [3.63, 3.8) is 0 Å². The number of methoxy groups -OCH3 is 1. The van der Waals surface area contributed by atoms with Crippen LogP contribution in [0.3, 0.4) is 0 Å². The Hall–Kier alpha value is -2.30. The molecule has 5 heteroatoms. The Morgan fingerprint density at radius 1 is 1.16 bits per heavy atom. The van der Waals surface area contributed by atoms with Crippen LogP contribution in [-0.2, 0) is 0 Å². The zero-order valence-electron chi connectivity index (χ0n) is 11.3. The van der Waals surface area contributed by atoms with Gasteiger partial charge in [0.1, 0.15) is 23.6 Å². The van der Waals surface area contributed by atoms with Gasteiger partial charge in [-0.1, -0.05) is 19.9 Å². The van der Waals surface area contributed by atoms with Crippen LogP contribution < -0.4 is 15.2 Å². The second kappa shape index (κ2) is 5.56. The zero-order valence-corrected chi connectivity index (χ0v) is 11.3. The summed E-state index contributed by atoms with van der Waals surface area (Å²) in [5, 5.41) is 0. The molecule has 0 saturated heterocycles. The molecule has 0 bridgehead atoms. The quantitative estimate of drug-likeness (QED) is 0.914. The van der Waals surface area contributed by atoms with Crippen LogP contribution in [0.2, 0.25) is 0 Å². The third-order valence-electron chi connectivity index (χ3n) is 2.71. The minimum absolute atomic E-state index is 0.182. The molecule has 0 fully saturated rings. The van der Waals surface area contributed by atoms with Crippen LogP contribution in [-0.4, -0.2) is 17.1 Å². The van der Waals surface area contributed by atoms with Crippen molar-refractivity contribution in [1.82, 2.24) is 9.97 Å². The molecule has 5 nitrogen and oxygen atoms in total. The van der Waals surface area contributed by atoms with E-state index in [4.69, 9.17) is 15.2 Å². The fourth-order valence-corrected chi connectivity index (χ4v) is 1.79. The summed E-state index contributed by atoms with van der Waals surface area (Å²) in [6.45, 7) is 4.04. The predicted molar refractivity (Wildman–Crippen MR) is 73.6 cm³/mol. The van der Waals surface area contributed by atoms with Gasteiger partial charge in [0.05, 0.1) is 12.7 Å². The van der Waals surface area contributed by atoms with Crippen LogP contribution in [0.15, 0.2) is 30.6 Å². The zero-order chi connectivity index (χ0) is 13.8. The summed E-state index contributed by atoms with van der Waals surface area (Å²) in [6.07, 6.45) is 1.40. The molecule has 0 aliphatic carbocycles. The lowest BCUT2D eigenvalue weighted by Gasteiger charge is -2.14. The van der Waals surface area contributed by atoms with Crippen molar-refractivity contribution in [2.45, 2.75) is 19.8 Å². The summed E-state index contributed by atoms with van der Waals surface area (Å²) in [4.78, 5) is 8.16. The number of anilines is 1. The fourth-order valence-electron chi connectivity index (χ4n) is 1.79. The predicted octanol–water partition coefficient (Wildman–Crippen LogP) is 2.98. The molecule has 0 saturated carbocycles. The van der Waals surface area contributed by atoms with Crippen molar-refractivity contribution < 1.29 is 9.47 Å². The summed E-state index contributed by atoms with van der Waals surface area (Å²) in [7, 11) is 1.61. The Morgan fingerprint density at radius 3 is 2.58 bits per heavy atom. The summed E-state index contributed by atoms with van der Waals surface area (Å²) in [6, 6.07) is 7.34. The molecule has 0 amide bonds. The number of hydrogen-bond donors (Lipinski definition) is 1. The first-order valence-electron chi connectivity index (χ1n) is 6.04. The smallest absolute Gasteiger partial charge is 0.227 e. The van der Waals surface area contributed by atoms with Crippen molar-refractivity contribution in [3.8, 4) is 17.4 Å². The highest BCUT2D eigenvalue weighted by Gasteiger charge is 2.15. The number of ether oxygens (including phenoxy) is 2. The van der Waals surface area contributed by atoms with Crippen molar-refractivity contribution in [2.24, 2.45) is 0 Å². The first-order valence-corrected chi connectivity index (χ1v) is 6.04. The Morgan fingerprint density at radius 2 is 1.89 bits per heavy atom. The topological polar surface area (TPSA) is 70.3 Å². The van der Waals surface area contributed by atoms with Gasteiger partial charge in [-0.15, -0.1) is 0 Å². The van der Waals surface area contributed by atoms with Gasteiger partial charge >= 0.3 is 0 Å². The van der Waals surface area contributed by atoms with Crippen molar-refractivity contribution in [3.05, 3.63) is 36.2 Å². The van der Waals surface area contributed by atoms with Gasteiger partial charge in [0.15, 0.2) is 0 Å². The maximum atomic E-state index is 5.88. The van der Waals surface area contributed by atoms with Crippen LogP contribution in [0.1, 0.15) is 25.3 Å². The van der Waals surface area contributed by atoms with Crippen LogP contribution in [0.4, 0.5) is 5.82 Å². The van der Waals surface area contributed by atoms with Crippen molar-refractivity contribution in [1.29, 1.82) is 0 Å². The highest BCUT2D eigenvalue weighted by molar-refractivity contribution is 5.48. The number of benzene rings is 1. The molecule has 0 atom stereocenters. The maximum Gasteiger partial charge on any atom is 0.227 e. The van der Waals surface area contributed by atoms with E-state index in [1.165, 1.54) is 6.33 Å². The molecule has 1 aromatic carbocycles. The van der Waals surface area contributed by atoms with Crippen molar-refractivity contribution in [2.75, 3.05) is 12.8 Å². The Labute approximate surface area is 112 Å². The van der Waals surface area contributed by atoms with Gasteiger partial charge < -0.3 is 15.2 Å². The van der Waals surface area contributed by atoms with Gasteiger partial charge in [0.25, 0.3) is 0 Å². The molecule has 19 heavy (non-hydrogen) atoms. The molecule has 2 N–H and O–H groups in total.